The summed E-state index contributed by atoms with van der Waals surface area (Å²) in [5.41, 5.74) is 1.63. The molecule has 2 aromatic rings. The van der Waals surface area contributed by atoms with Crippen LogP contribution in [0.4, 0.5) is 0 Å². The maximum Gasteiger partial charge on any atom is 0.257 e. The van der Waals surface area contributed by atoms with Crippen LogP contribution in [0.25, 0.3) is 0 Å². The quantitative estimate of drug-likeness (QED) is 0.839. The van der Waals surface area contributed by atoms with E-state index in [1.54, 1.807) is 18.5 Å². The van der Waals surface area contributed by atoms with E-state index in [-0.39, 0.29) is 17.7 Å². The first kappa shape index (κ1) is 19.6. The number of furan rings is 1. The van der Waals surface area contributed by atoms with E-state index in [1.807, 2.05) is 17.0 Å². The Labute approximate surface area is 171 Å². The normalized spacial score (nSPS) is 21.1. The number of amides is 2. The first-order valence-corrected chi connectivity index (χ1v) is 10.4. The third kappa shape index (κ3) is 4.85. The number of carbonyl (C=O) groups is 2. The zero-order valence-corrected chi connectivity index (χ0v) is 16.6. The van der Waals surface area contributed by atoms with Crippen LogP contribution in [-0.4, -0.2) is 58.8 Å². The number of nitrogens with one attached hydrogen (secondary N) is 1. The Hall–Kier alpha value is -2.67. The van der Waals surface area contributed by atoms with Crippen molar-refractivity contribution in [3.05, 3.63) is 54.2 Å². The molecule has 2 aromatic heterocycles. The molecule has 154 valence electrons. The number of piperidine rings is 2. The Balaban J connectivity index is 1.25. The van der Waals surface area contributed by atoms with Crippen LogP contribution in [0.1, 0.15) is 41.6 Å². The number of aromatic nitrogens is 1. The van der Waals surface area contributed by atoms with Gasteiger partial charge in [-0.2, -0.15) is 0 Å². The van der Waals surface area contributed by atoms with Crippen LogP contribution in [0.3, 0.4) is 0 Å². The van der Waals surface area contributed by atoms with E-state index in [9.17, 15) is 9.59 Å². The van der Waals surface area contributed by atoms with Gasteiger partial charge in [-0.25, -0.2) is 0 Å². The number of pyridine rings is 1. The highest BCUT2D eigenvalue weighted by atomic mass is 16.3. The van der Waals surface area contributed by atoms with Gasteiger partial charge in [-0.1, -0.05) is 6.07 Å². The molecule has 0 bridgehead atoms. The lowest BCUT2D eigenvalue weighted by Crippen LogP contribution is -2.51. The Bertz CT molecular complexity index is 801. The molecule has 2 saturated heterocycles. The highest BCUT2D eigenvalue weighted by molar-refractivity contribution is 5.93. The van der Waals surface area contributed by atoms with Gasteiger partial charge in [-0.05, 0) is 49.9 Å². The molecule has 4 heterocycles. The summed E-state index contributed by atoms with van der Waals surface area (Å²) in [4.78, 5) is 33.6. The van der Waals surface area contributed by atoms with Gasteiger partial charge in [0.15, 0.2) is 0 Å². The van der Waals surface area contributed by atoms with Crippen molar-refractivity contribution in [3.8, 4) is 0 Å². The van der Waals surface area contributed by atoms with E-state index >= 15 is 0 Å². The second kappa shape index (κ2) is 9.22. The van der Waals surface area contributed by atoms with Crippen molar-refractivity contribution in [2.75, 3.05) is 26.2 Å². The molecule has 0 aromatic carbocycles. The molecule has 2 amide bonds. The van der Waals surface area contributed by atoms with Crippen LogP contribution in [0.2, 0.25) is 0 Å². The van der Waals surface area contributed by atoms with Crippen LogP contribution >= 0.6 is 0 Å². The molecule has 0 saturated carbocycles. The van der Waals surface area contributed by atoms with Gasteiger partial charge in [0.2, 0.25) is 5.91 Å². The van der Waals surface area contributed by atoms with Crippen LogP contribution < -0.4 is 5.32 Å². The largest absolute Gasteiger partial charge is 0.472 e. The van der Waals surface area contributed by atoms with E-state index in [4.69, 9.17) is 4.42 Å². The zero-order valence-electron chi connectivity index (χ0n) is 16.6. The standard InChI is InChI=1S/C22H28N4O3/c27-21(24-14-17-3-1-8-23-13-17)18-4-2-9-26(15-18)20-5-10-25(11-6-20)22(28)19-7-12-29-16-19/h1,3,7-8,12-13,16,18,20H,2,4-6,9-11,14-15H2,(H,24,27)/t18-/m0/s1. The van der Waals surface area contributed by atoms with Crippen molar-refractivity contribution in [1.82, 2.24) is 20.1 Å². The summed E-state index contributed by atoms with van der Waals surface area (Å²) < 4.78 is 5.03. The molecule has 0 aliphatic carbocycles. The Kier molecular flexibility index (Phi) is 6.24. The smallest absolute Gasteiger partial charge is 0.257 e. The van der Waals surface area contributed by atoms with Gasteiger partial charge >= 0.3 is 0 Å². The lowest BCUT2D eigenvalue weighted by molar-refractivity contribution is -0.127. The SMILES string of the molecule is O=C(NCc1cccnc1)[C@H]1CCCN(C2CCN(C(=O)c3ccoc3)CC2)C1. The number of nitrogens with zero attached hydrogens (tertiary/aromatic N) is 3. The Morgan fingerprint density at radius 3 is 2.76 bits per heavy atom. The molecule has 0 unspecified atom stereocenters. The average Bonchev–Trinajstić information content (AvgIpc) is 3.33. The van der Waals surface area contributed by atoms with Gasteiger partial charge in [-0.3, -0.25) is 19.5 Å². The highest BCUT2D eigenvalue weighted by Crippen LogP contribution is 2.25. The summed E-state index contributed by atoms with van der Waals surface area (Å²) in [6, 6.07) is 6.01. The van der Waals surface area contributed by atoms with E-state index in [2.05, 4.69) is 15.2 Å². The monoisotopic (exact) mass is 396 g/mol. The van der Waals surface area contributed by atoms with Crippen LogP contribution in [0.5, 0.6) is 0 Å². The second-order valence-corrected chi connectivity index (χ2v) is 7.95. The van der Waals surface area contributed by atoms with E-state index in [1.165, 1.54) is 12.5 Å². The van der Waals surface area contributed by atoms with Gasteiger partial charge in [0.05, 0.1) is 17.7 Å². The third-order valence-electron chi connectivity index (χ3n) is 6.05. The fraction of sp³-hybridized carbons (Fsp3) is 0.500. The van der Waals surface area contributed by atoms with E-state index in [0.717, 1.165) is 57.4 Å². The maximum absolute atomic E-state index is 12.7. The topological polar surface area (TPSA) is 78.7 Å². The minimum absolute atomic E-state index is 0.0333. The maximum atomic E-state index is 12.7. The lowest BCUT2D eigenvalue weighted by Gasteiger charge is -2.42. The first-order chi connectivity index (χ1) is 14.2. The van der Waals surface area contributed by atoms with Gasteiger partial charge in [0.25, 0.3) is 5.91 Å². The second-order valence-electron chi connectivity index (χ2n) is 7.95. The van der Waals surface area contributed by atoms with Crippen molar-refractivity contribution in [1.29, 1.82) is 0 Å². The predicted molar refractivity (Wildman–Crippen MR) is 108 cm³/mol. The van der Waals surface area contributed by atoms with Crippen LogP contribution in [0.15, 0.2) is 47.5 Å². The van der Waals surface area contributed by atoms with Crippen LogP contribution in [0, 0.1) is 5.92 Å². The Morgan fingerprint density at radius 1 is 1.17 bits per heavy atom. The summed E-state index contributed by atoms with van der Waals surface area (Å²) in [7, 11) is 0. The van der Waals surface area contributed by atoms with Crippen molar-refractivity contribution in [2.24, 2.45) is 5.92 Å². The number of carbonyl (C=O) groups excluding carboxylic acids is 2. The van der Waals surface area contributed by atoms with Crippen molar-refractivity contribution >= 4 is 11.8 Å². The van der Waals surface area contributed by atoms with Gasteiger partial charge in [0.1, 0.15) is 6.26 Å². The minimum Gasteiger partial charge on any atom is -0.472 e. The Morgan fingerprint density at radius 2 is 2.03 bits per heavy atom. The van der Waals surface area contributed by atoms with Gasteiger partial charge in [0, 0.05) is 44.6 Å². The number of hydrogen-bond acceptors (Lipinski definition) is 5. The fourth-order valence-corrected chi connectivity index (χ4v) is 4.39. The highest BCUT2D eigenvalue weighted by Gasteiger charge is 2.32. The molecule has 2 aliphatic heterocycles. The van der Waals surface area contributed by atoms with Crippen LogP contribution in [-0.2, 0) is 11.3 Å². The summed E-state index contributed by atoms with van der Waals surface area (Å²) in [5.74, 6) is 0.209. The average molecular weight is 396 g/mol. The summed E-state index contributed by atoms with van der Waals surface area (Å²) >= 11 is 0. The molecule has 7 heteroatoms. The predicted octanol–water partition coefficient (Wildman–Crippen LogP) is 2.31. The molecular formula is C22H28N4O3. The lowest BCUT2D eigenvalue weighted by atomic mass is 9.93. The molecule has 1 atom stereocenters. The van der Waals surface area contributed by atoms with Gasteiger partial charge in [-0.15, -0.1) is 0 Å². The summed E-state index contributed by atoms with van der Waals surface area (Å²) in [6.07, 6.45) is 10.4. The minimum atomic E-state index is 0.0333. The van der Waals surface area contributed by atoms with Crippen molar-refractivity contribution < 1.29 is 14.0 Å². The van der Waals surface area contributed by atoms with Crippen molar-refractivity contribution in [3.63, 3.8) is 0 Å². The zero-order chi connectivity index (χ0) is 20.1. The molecular weight excluding hydrogens is 368 g/mol. The summed E-state index contributed by atoms with van der Waals surface area (Å²) in [6.45, 7) is 3.87. The molecule has 29 heavy (non-hydrogen) atoms. The molecule has 2 fully saturated rings. The third-order valence-corrected chi connectivity index (χ3v) is 6.05. The van der Waals surface area contributed by atoms with E-state index in [0.29, 0.717) is 18.2 Å². The number of rotatable bonds is 5. The fourth-order valence-electron chi connectivity index (χ4n) is 4.39. The van der Waals surface area contributed by atoms with Gasteiger partial charge < -0.3 is 14.6 Å². The molecule has 4 rings (SSSR count). The molecule has 1 N–H and O–H groups in total. The van der Waals surface area contributed by atoms with Crippen molar-refractivity contribution in [2.45, 2.75) is 38.3 Å². The first-order valence-electron chi connectivity index (χ1n) is 10.4. The number of likely N-dealkylation sites (tertiary alicyclic amines) is 2. The summed E-state index contributed by atoms with van der Waals surface area (Å²) in [5, 5.41) is 3.06. The van der Waals surface area contributed by atoms with E-state index < -0.39 is 0 Å². The number of hydrogen-bond donors (Lipinski definition) is 1. The molecule has 2 aliphatic rings. The molecule has 7 nitrogen and oxygen atoms in total. The molecule has 0 spiro atoms. The molecule has 0 radical (unpaired) electrons.